The van der Waals surface area contributed by atoms with Gasteiger partial charge in [0.25, 0.3) is 0 Å². The van der Waals surface area contributed by atoms with Crippen LogP contribution in [-0.4, -0.2) is 18.2 Å². The van der Waals surface area contributed by atoms with E-state index in [0.29, 0.717) is 17.1 Å². The number of ether oxygens (including phenoxy) is 2. The van der Waals surface area contributed by atoms with Gasteiger partial charge in [0.2, 0.25) is 0 Å². The van der Waals surface area contributed by atoms with E-state index in [9.17, 15) is 9.90 Å². The highest BCUT2D eigenvalue weighted by atomic mass is 16.5. The Morgan fingerprint density at radius 3 is 3.07 bits per heavy atom. The van der Waals surface area contributed by atoms with Gasteiger partial charge in [-0.3, -0.25) is 4.79 Å². The van der Waals surface area contributed by atoms with Crippen molar-refractivity contribution in [2.24, 2.45) is 0 Å². The Morgan fingerprint density at radius 1 is 1.57 bits per heavy atom. The van der Waals surface area contributed by atoms with Crippen molar-refractivity contribution in [1.82, 2.24) is 0 Å². The van der Waals surface area contributed by atoms with Crippen LogP contribution in [0.2, 0.25) is 0 Å². The van der Waals surface area contributed by atoms with Crippen molar-refractivity contribution in [2.45, 2.75) is 12.5 Å². The van der Waals surface area contributed by atoms with Gasteiger partial charge in [0.1, 0.15) is 11.5 Å². The molecule has 0 aromatic heterocycles. The zero-order valence-electron chi connectivity index (χ0n) is 7.69. The smallest absolute Gasteiger partial charge is 0.314 e. The minimum absolute atomic E-state index is 0.0132. The molecule has 0 saturated heterocycles. The maximum atomic E-state index is 11.0. The summed E-state index contributed by atoms with van der Waals surface area (Å²) in [5.74, 6) is 0.567. The topological polar surface area (TPSA) is 55.8 Å². The third-order valence-corrected chi connectivity index (χ3v) is 2.16. The van der Waals surface area contributed by atoms with Gasteiger partial charge >= 0.3 is 5.97 Å². The summed E-state index contributed by atoms with van der Waals surface area (Å²) in [4.78, 5) is 11.0. The first-order valence-corrected chi connectivity index (χ1v) is 4.27. The Hall–Kier alpha value is -1.55. The van der Waals surface area contributed by atoms with Gasteiger partial charge in [0.05, 0.1) is 19.6 Å². The molecule has 0 aliphatic carbocycles. The van der Waals surface area contributed by atoms with Crippen molar-refractivity contribution in [3.8, 4) is 11.5 Å². The molecule has 1 aliphatic rings. The molecule has 0 fully saturated rings. The van der Waals surface area contributed by atoms with Crippen molar-refractivity contribution in [3.63, 3.8) is 0 Å². The molecule has 1 unspecified atom stereocenters. The lowest BCUT2D eigenvalue weighted by Gasteiger charge is -2.20. The first-order valence-electron chi connectivity index (χ1n) is 4.27. The number of aliphatic hydroxyl groups excluding tert-OH is 1. The molecule has 1 aromatic rings. The highest BCUT2D eigenvalue weighted by molar-refractivity contribution is 5.76. The van der Waals surface area contributed by atoms with E-state index in [4.69, 9.17) is 9.47 Å². The first-order chi connectivity index (χ1) is 6.70. The van der Waals surface area contributed by atoms with Gasteiger partial charge < -0.3 is 14.6 Å². The third kappa shape index (κ3) is 1.44. The van der Waals surface area contributed by atoms with Crippen molar-refractivity contribution >= 4 is 5.97 Å². The van der Waals surface area contributed by atoms with Crippen molar-refractivity contribution in [1.29, 1.82) is 0 Å². The standard InChI is InChI=1S/C10H10O4/c1-13-6-2-3-7-8(11)5-10(12)14-9(7)4-6/h2-4,8,11H,5H2,1H3. The van der Waals surface area contributed by atoms with E-state index in [1.807, 2.05) is 0 Å². The van der Waals surface area contributed by atoms with Gasteiger partial charge in [-0.15, -0.1) is 0 Å². The number of hydrogen-bond donors (Lipinski definition) is 1. The molecule has 2 rings (SSSR count). The van der Waals surface area contributed by atoms with E-state index < -0.39 is 12.1 Å². The molecule has 0 saturated carbocycles. The molecular formula is C10H10O4. The molecule has 1 aliphatic heterocycles. The Bertz CT molecular complexity index is 372. The number of carbonyl (C=O) groups is 1. The molecular weight excluding hydrogens is 184 g/mol. The summed E-state index contributed by atoms with van der Waals surface area (Å²) in [7, 11) is 1.53. The maximum Gasteiger partial charge on any atom is 0.314 e. The van der Waals surface area contributed by atoms with Crippen molar-refractivity contribution in [2.75, 3.05) is 7.11 Å². The van der Waals surface area contributed by atoms with Gasteiger partial charge in [-0.1, -0.05) is 0 Å². The second-order valence-corrected chi connectivity index (χ2v) is 3.10. The SMILES string of the molecule is COc1ccc2c(c1)OC(=O)CC2O. The molecule has 1 atom stereocenters. The Morgan fingerprint density at radius 2 is 2.36 bits per heavy atom. The van der Waals surface area contributed by atoms with Crippen LogP contribution in [0.1, 0.15) is 18.1 Å². The summed E-state index contributed by atoms with van der Waals surface area (Å²) in [5.41, 5.74) is 0.630. The van der Waals surface area contributed by atoms with Crippen LogP contribution in [-0.2, 0) is 4.79 Å². The number of methoxy groups -OCH3 is 1. The molecule has 1 N–H and O–H groups in total. The van der Waals surface area contributed by atoms with Crippen LogP contribution in [0, 0.1) is 0 Å². The summed E-state index contributed by atoms with van der Waals surface area (Å²) in [5, 5.41) is 9.55. The van der Waals surface area contributed by atoms with E-state index in [1.165, 1.54) is 7.11 Å². The molecule has 0 amide bonds. The van der Waals surface area contributed by atoms with Crippen LogP contribution in [0.25, 0.3) is 0 Å². The summed E-state index contributed by atoms with van der Waals surface area (Å²) in [6.07, 6.45) is -0.753. The zero-order valence-corrected chi connectivity index (χ0v) is 7.69. The summed E-state index contributed by atoms with van der Waals surface area (Å²) in [6.45, 7) is 0. The number of hydrogen-bond acceptors (Lipinski definition) is 4. The Labute approximate surface area is 81.1 Å². The lowest BCUT2D eigenvalue weighted by molar-refractivity contribution is -0.138. The fourth-order valence-electron chi connectivity index (χ4n) is 1.44. The molecule has 0 spiro atoms. The second-order valence-electron chi connectivity index (χ2n) is 3.10. The second kappa shape index (κ2) is 3.31. The number of carbonyl (C=O) groups excluding carboxylic acids is 1. The normalized spacial score (nSPS) is 19.9. The van der Waals surface area contributed by atoms with E-state index in [-0.39, 0.29) is 6.42 Å². The van der Waals surface area contributed by atoms with E-state index in [2.05, 4.69) is 0 Å². The molecule has 4 nitrogen and oxygen atoms in total. The van der Waals surface area contributed by atoms with Crippen LogP contribution in [0.15, 0.2) is 18.2 Å². The van der Waals surface area contributed by atoms with E-state index in [0.717, 1.165) is 0 Å². The van der Waals surface area contributed by atoms with Gasteiger partial charge in [-0.2, -0.15) is 0 Å². The average molecular weight is 194 g/mol. The van der Waals surface area contributed by atoms with Crippen LogP contribution in [0.5, 0.6) is 11.5 Å². The average Bonchev–Trinajstić information content (AvgIpc) is 2.16. The van der Waals surface area contributed by atoms with Crippen LogP contribution in [0.3, 0.4) is 0 Å². The summed E-state index contributed by atoms with van der Waals surface area (Å²) >= 11 is 0. The number of aliphatic hydroxyl groups is 1. The van der Waals surface area contributed by atoms with Gasteiger partial charge in [-0.05, 0) is 12.1 Å². The Balaban J connectivity index is 2.43. The number of fused-ring (bicyclic) bond motifs is 1. The quantitative estimate of drug-likeness (QED) is 0.536. The highest BCUT2D eigenvalue weighted by Gasteiger charge is 2.25. The predicted octanol–water partition coefficient (Wildman–Crippen LogP) is 1.04. The lowest BCUT2D eigenvalue weighted by atomic mass is 10.0. The predicted molar refractivity (Wildman–Crippen MR) is 48.2 cm³/mol. The molecule has 14 heavy (non-hydrogen) atoms. The van der Waals surface area contributed by atoms with Crippen LogP contribution in [0.4, 0.5) is 0 Å². The Kier molecular flexibility index (Phi) is 2.13. The van der Waals surface area contributed by atoms with E-state index >= 15 is 0 Å². The van der Waals surface area contributed by atoms with Gasteiger partial charge in [-0.25, -0.2) is 0 Å². The maximum absolute atomic E-state index is 11.0. The van der Waals surface area contributed by atoms with E-state index in [1.54, 1.807) is 18.2 Å². The van der Waals surface area contributed by atoms with Crippen molar-refractivity contribution in [3.05, 3.63) is 23.8 Å². The van der Waals surface area contributed by atoms with Gasteiger partial charge in [0.15, 0.2) is 0 Å². The number of benzene rings is 1. The fourth-order valence-corrected chi connectivity index (χ4v) is 1.44. The molecule has 0 bridgehead atoms. The molecule has 0 radical (unpaired) electrons. The van der Waals surface area contributed by atoms with Crippen LogP contribution < -0.4 is 9.47 Å². The number of esters is 1. The first kappa shape index (κ1) is 9.02. The zero-order chi connectivity index (χ0) is 10.1. The minimum atomic E-state index is -0.767. The minimum Gasteiger partial charge on any atom is -0.497 e. The molecule has 74 valence electrons. The van der Waals surface area contributed by atoms with Crippen LogP contribution >= 0.6 is 0 Å². The largest absolute Gasteiger partial charge is 0.497 e. The monoisotopic (exact) mass is 194 g/mol. The van der Waals surface area contributed by atoms with Crippen molar-refractivity contribution < 1.29 is 19.4 Å². The summed E-state index contributed by atoms with van der Waals surface area (Å²) in [6, 6.07) is 5.02. The summed E-state index contributed by atoms with van der Waals surface area (Å²) < 4.78 is 9.94. The molecule has 1 aromatic carbocycles. The fraction of sp³-hybridized carbons (Fsp3) is 0.300. The highest BCUT2D eigenvalue weighted by Crippen LogP contribution is 2.34. The number of rotatable bonds is 1. The molecule has 1 heterocycles. The third-order valence-electron chi connectivity index (χ3n) is 2.16. The van der Waals surface area contributed by atoms with Gasteiger partial charge in [0, 0.05) is 11.6 Å². The lowest BCUT2D eigenvalue weighted by Crippen LogP contribution is -2.19. The molecule has 4 heteroatoms.